The number of hydrogen-bond acceptors (Lipinski definition) is 0. The molecule has 1 aromatic rings. The zero-order valence-electron chi connectivity index (χ0n) is 8.76. The lowest BCUT2D eigenvalue weighted by Crippen LogP contribution is -2.14. The van der Waals surface area contributed by atoms with Crippen molar-refractivity contribution in [3.63, 3.8) is 0 Å². The quantitative estimate of drug-likeness (QED) is 0.679. The molecular formula is C13H16ClF. The smallest absolute Gasteiger partial charge is 0.123 e. The van der Waals surface area contributed by atoms with Crippen LogP contribution in [0.15, 0.2) is 24.3 Å². The van der Waals surface area contributed by atoms with Crippen LogP contribution >= 0.6 is 11.6 Å². The number of benzene rings is 1. The number of alkyl halides is 1. The molecule has 0 spiro atoms. The van der Waals surface area contributed by atoms with Gasteiger partial charge in [0.2, 0.25) is 0 Å². The Morgan fingerprint density at radius 1 is 1.33 bits per heavy atom. The molecule has 1 unspecified atom stereocenters. The van der Waals surface area contributed by atoms with Crippen LogP contribution in [-0.2, 0) is 6.42 Å². The maximum absolute atomic E-state index is 13.0. The molecule has 0 amide bonds. The van der Waals surface area contributed by atoms with Gasteiger partial charge < -0.3 is 0 Å². The van der Waals surface area contributed by atoms with Gasteiger partial charge in [-0.15, -0.1) is 11.6 Å². The van der Waals surface area contributed by atoms with Crippen molar-refractivity contribution in [3.05, 3.63) is 35.6 Å². The SMILES string of the molecule is Fc1cccc(CC(Cl)C2CCCC2)c1. The van der Waals surface area contributed by atoms with Crippen molar-refractivity contribution in [2.75, 3.05) is 0 Å². The minimum Gasteiger partial charge on any atom is -0.207 e. The van der Waals surface area contributed by atoms with Crippen LogP contribution in [0.3, 0.4) is 0 Å². The van der Waals surface area contributed by atoms with Crippen molar-refractivity contribution in [3.8, 4) is 0 Å². The van der Waals surface area contributed by atoms with E-state index in [-0.39, 0.29) is 11.2 Å². The molecule has 0 N–H and O–H groups in total. The lowest BCUT2D eigenvalue weighted by molar-refractivity contribution is 0.511. The van der Waals surface area contributed by atoms with Gasteiger partial charge in [0, 0.05) is 5.38 Å². The summed E-state index contributed by atoms with van der Waals surface area (Å²) in [6, 6.07) is 6.77. The average Bonchev–Trinajstić information content (AvgIpc) is 2.70. The van der Waals surface area contributed by atoms with E-state index in [2.05, 4.69) is 0 Å². The van der Waals surface area contributed by atoms with Gasteiger partial charge in [-0.2, -0.15) is 0 Å². The summed E-state index contributed by atoms with van der Waals surface area (Å²) in [5, 5.41) is 0.175. The molecule has 1 saturated carbocycles. The van der Waals surface area contributed by atoms with Crippen LogP contribution in [0.2, 0.25) is 0 Å². The van der Waals surface area contributed by atoms with Gasteiger partial charge in [-0.05, 0) is 42.9 Å². The Morgan fingerprint density at radius 2 is 2.07 bits per heavy atom. The first-order valence-corrected chi connectivity index (χ1v) is 6.08. The van der Waals surface area contributed by atoms with E-state index in [9.17, 15) is 4.39 Å². The molecule has 0 aliphatic heterocycles. The van der Waals surface area contributed by atoms with E-state index in [0.29, 0.717) is 5.92 Å². The Labute approximate surface area is 95.4 Å². The molecule has 1 aromatic carbocycles. The van der Waals surface area contributed by atoms with Crippen molar-refractivity contribution in [1.82, 2.24) is 0 Å². The van der Waals surface area contributed by atoms with Gasteiger partial charge in [-0.1, -0.05) is 25.0 Å². The van der Waals surface area contributed by atoms with Crippen molar-refractivity contribution in [2.24, 2.45) is 5.92 Å². The fourth-order valence-corrected chi connectivity index (χ4v) is 2.81. The highest BCUT2D eigenvalue weighted by molar-refractivity contribution is 6.20. The normalized spacial score (nSPS) is 19.3. The highest BCUT2D eigenvalue weighted by Gasteiger charge is 2.23. The highest BCUT2D eigenvalue weighted by Crippen LogP contribution is 2.32. The van der Waals surface area contributed by atoms with Crippen LogP contribution in [0.5, 0.6) is 0 Å². The van der Waals surface area contributed by atoms with Gasteiger partial charge in [0.25, 0.3) is 0 Å². The molecule has 82 valence electrons. The number of halogens is 2. The van der Waals surface area contributed by atoms with E-state index in [4.69, 9.17) is 11.6 Å². The van der Waals surface area contributed by atoms with Crippen LogP contribution in [-0.4, -0.2) is 5.38 Å². The van der Waals surface area contributed by atoms with Crippen LogP contribution in [0.4, 0.5) is 4.39 Å². The molecule has 1 aliphatic carbocycles. The maximum atomic E-state index is 13.0. The second kappa shape index (κ2) is 4.98. The monoisotopic (exact) mass is 226 g/mol. The van der Waals surface area contributed by atoms with Crippen LogP contribution < -0.4 is 0 Å². The van der Waals surface area contributed by atoms with Gasteiger partial charge in [0.1, 0.15) is 5.82 Å². The second-order valence-corrected chi connectivity index (χ2v) is 4.96. The molecule has 0 bridgehead atoms. The molecule has 15 heavy (non-hydrogen) atoms. The van der Waals surface area contributed by atoms with E-state index in [0.717, 1.165) is 12.0 Å². The molecule has 1 fully saturated rings. The zero-order valence-corrected chi connectivity index (χ0v) is 9.51. The van der Waals surface area contributed by atoms with E-state index < -0.39 is 0 Å². The molecule has 1 atom stereocenters. The third-order valence-electron chi connectivity index (χ3n) is 3.23. The largest absolute Gasteiger partial charge is 0.207 e. The lowest BCUT2D eigenvalue weighted by atomic mass is 9.97. The van der Waals surface area contributed by atoms with Gasteiger partial charge in [0.15, 0.2) is 0 Å². The number of hydrogen-bond donors (Lipinski definition) is 0. The Hall–Kier alpha value is -0.560. The van der Waals surface area contributed by atoms with Crippen molar-refractivity contribution >= 4 is 11.6 Å². The molecule has 0 nitrogen and oxygen atoms in total. The zero-order chi connectivity index (χ0) is 10.7. The summed E-state index contributed by atoms with van der Waals surface area (Å²) in [4.78, 5) is 0. The molecule has 0 saturated heterocycles. The van der Waals surface area contributed by atoms with Crippen LogP contribution in [0.25, 0.3) is 0 Å². The maximum Gasteiger partial charge on any atom is 0.123 e. The first-order valence-electron chi connectivity index (χ1n) is 5.64. The molecule has 1 aliphatic rings. The summed E-state index contributed by atoms with van der Waals surface area (Å²) in [6.07, 6.45) is 5.88. The third-order valence-corrected chi connectivity index (χ3v) is 3.74. The van der Waals surface area contributed by atoms with Gasteiger partial charge in [0.05, 0.1) is 0 Å². The molecule has 0 heterocycles. The fourth-order valence-electron chi connectivity index (χ4n) is 2.37. The van der Waals surface area contributed by atoms with Crippen molar-refractivity contribution in [2.45, 2.75) is 37.5 Å². The van der Waals surface area contributed by atoms with Crippen molar-refractivity contribution < 1.29 is 4.39 Å². The standard InChI is InChI=1S/C13H16ClF/c14-13(11-5-1-2-6-11)9-10-4-3-7-12(15)8-10/h3-4,7-8,11,13H,1-2,5-6,9H2. The van der Waals surface area contributed by atoms with Crippen LogP contribution in [0.1, 0.15) is 31.2 Å². The fraction of sp³-hybridized carbons (Fsp3) is 0.538. The predicted octanol–water partition coefficient (Wildman–Crippen LogP) is 4.17. The lowest BCUT2D eigenvalue weighted by Gasteiger charge is -2.16. The second-order valence-electron chi connectivity index (χ2n) is 4.39. The summed E-state index contributed by atoms with van der Waals surface area (Å²) < 4.78 is 13.0. The minimum absolute atomic E-state index is 0.164. The Kier molecular flexibility index (Phi) is 3.63. The summed E-state index contributed by atoms with van der Waals surface area (Å²) in [5.41, 5.74) is 1.02. The van der Waals surface area contributed by atoms with E-state index in [1.165, 1.54) is 31.7 Å². The first-order chi connectivity index (χ1) is 7.25. The summed E-state index contributed by atoms with van der Waals surface area (Å²) in [5.74, 6) is 0.470. The highest BCUT2D eigenvalue weighted by atomic mass is 35.5. The van der Waals surface area contributed by atoms with E-state index in [1.807, 2.05) is 6.07 Å². The van der Waals surface area contributed by atoms with Crippen molar-refractivity contribution in [1.29, 1.82) is 0 Å². The van der Waals surface area contributed by atoms with Gasteiger partial charge in [-0.25, -0.2) is 4.39 Å². The topological polar surface area (TPSA) is 0 Å². The third kappa shape index (κ3) is 2.94. The Bertz CT molecular complexity index is 318. The average molecular weight is 227 g/mol. The first kappa shape index (κ1) is 10.9. The Balaban J connectivity index is 1.95. The predicted molar refractivity (Wildman–Crippen MR) is 61.7 cm³/mol. The van der Waals surface area contributed by atoms with Gasteiger partial charge >= 0.3 is 0 Å². The Morgan fingerprint density at radius 3 is 2.73 bits per heavy atom. The van der Waals surface area contributed by atoms with E-state index >= 15 is 0 Å². The molecule has 0 radical (unpaired) electrons. The molecular weight excluding hydrogens is 211 g/mol. The number of rotatable bonds is 3. The van der Waals surface area contributed by atoms with Crippen LogP contribution in [0, 0.1) is 11.7 Å². The molecule has 2 rings (SSSR count). The van der Waals surface area contributed by atoms with E-state index in [1.54, 1.807) is 12.1 Å². The summed E-state index contributed by atoms with van der Waals surface area (Å²) in [7, 11) is 0. The summed E-state index contributed by atoms with van der Waals surface area (Å²) >= 11 is 6.35. The molecule has 2 heteroatoms. The minimum atomic E-state index is -0.164. The molecule has 0 aromatic heterocycles. The summed E-state index contributed by atoms with van der Waals surface area (Å²) in [6.45, 7) is 0. The van der Waals surface area contributed by atoms with Gasteiger partial charge in [-0.3, -0.25) is 0 Å².